The summed E-state index contributed by atoms with van der Waals surface area (Å²) in [5.41, 5.74) is -20.9. The van der Waals surface area contributed by atoms with Gasteiger partial charge in [0.05, 0.1) is 11.1 Å². The molecule has 0 fully saturated rings. The van der Waals surface area contributed by atoms with Crippen molar-refractivity contribution in [1.82, 2.24) is 0 Å². The molecule has 0 N–H and O–H groups in total. The van der Waals surface area contributed by atoms with Gasteiger partial charge in [-0.1, -0.05) is 31.9 Å². The monoisotopic (exact) mass is 698 g/mol. The van der Waals surface area contributed by atoms with Crippen LogP contribution in [0, 0.1) is 23.3 Å². The van der Waals surface area contributed by atoms with Gasteiger partial charge in [0.2, 0.25) is 0 Å². The largest absolute Gasteiger partial charge is 0.435 e. The summed E-state index contributed by atoms with van der Waals surface area (Å²) in [5.74, 6) is -11.3. The van der Waals surface area contributed by atoms with Crippen molar-refractivity contribution in [2.75, 3.05) is 0 Å². The van der Waals surface area contributed by atoms with Crippen LogP contribution in [0.2, 0.25) is 0 Å². The first kappa shape index (κ1) is 31.5. The van der Waals surface area contributed by atoms with E-state index in [1.807, 2.05) is 0 Å². The van der Waals surface area contributed by atoms with Crippen LogP contribution in [0.15, 0.2) is 33.2 Å². The van der Waals surface area contributed by atoms with Crippen LogP contribution in [0.4, 0.5) is 70.2 Å². The Morgan fingerprint density at radius 2 is 0.676 bits per heavy atom. The maximum atomic E-state index is 14.9. The van der Waals surface area contributed by atoms with Crippen LogP contribution in [-0.4, -0.2) is 24.6 Å². The molecule has 2 atom stereocenters. The lowest BCUT2D eigenvalue weighted by Crippen LogP contribution is -2.62. The minimum Gasteiger partial charge on any atom is -0.249 e. The molecule has 0 amide bonds. The van der Waals surface area contributed by atoms with Crippen LogP contribution < -0.4 is 0 Å². The number of ether oxygens (including phenoxy) is 1. The summed E-state index contributed by atoms with van der Waals surface area (Å²) in [4.78, 5) is 0. The lowest BCUT2D eigenvalue weighted by Gasteiger charge is -2.40. The van der Waals surface area contributed by atoms with E-state index in [9.17, 15) is 70.2 Å². The standard InChI is InChI=1S/C18H4Br2F16O/c19-5-1-7(21)11(8(22)2-5)13(25,15(27,28)29)17(33,34)37-18(35,36)14(26,16(30,31)32)12-9(23)3-6(20)4-10(12)24/h1-4H/t13-,14+. The Bertz CT molecular complexity index is 1060. The zero-order valence-corrected chi connectivity index (χ0v) is 19.7. The van der Waals surface area contributed by atoms with E-state index in [4.69, 9.17) is 0 Å². The number of hydrogen-bond donors (Lipinski definition) is 0. The van der Waals surface area contributed by atoms with Crippen LogP contribution in [0.25, 0.3) is 0 Å². The molecule has 0 saturated carbocycles. The molecular formula is C18H4Br2F16O. The lowest BCUT2D eigenvalue weighted by atomic mass is 9.90. The van der Waals surface area contributed by atoms with Gasteiger partial charge in [-0.15, -0.1) is 0 Å². The highest BCUT2D eigenvalue weighted by Crippen LogP contribution is 2.60. The van der Waals surface area contributed by atoms with E-state index in [-0.39, 0.29) is 24.3 Å². The van der Waals surface area contributed by atoms with Gasteiger partial charge in [0, 0.05) is 8.95 Å². The minimum absolute atomic E-state index is 0.269. The summed E-state index contributed by atoms with van der Waals surface area (Å²) in [6.07, 6.45) is -29.7. The van der Waals surface area contributed by atoms with Gasteiger partial charge in [0.15, 0.2) is 0 Å². The second-order valence-corrected chi connectivity index (χ2v) is 8.77. The Labute approximate surface area is 210 Å². The van der Waals surface area contributed by atoms with E-state index in [2.05, 4.69) is 36.6 Å². The van der Waals surface area contributed by atoms with E-state index in [0.717, 1.165) is 0 Å². The van der Waals surface area contributed by atoms with Gasteiger partial charge in [-0.05, 0) is 24.3 Å². The maximum Gasteiger partial charge on any atom is 0.435 e. The molecule has 0 aromatic heterocycles. The SMILES string of the molecule is Fc1cc(Br)cc(F)c1[C@@](F)(C(F)(F)F)C(F)(F)OC(F)(F)[C@](F)(c1c(F)cc(Br)cc1F)C(F)(F)F. The summed E-state index contributed by atoms with van der Waals surface area (Å²) in [5, 5.41) is 0. The van der Waals surface area contributed by atoms with Crippen molar-refractivity contribution in [3.63, 3.8) is 0 Å². The molecule has 0 radical (unpaired) electrons. The molecule has 2 aromatic rings. The lowest BCUT2D eigenvalue weighted by molar-refractivity contribution is -0.490. The van der Waals surface area contributed by atoms with Crippen molar-refractivity contribution in [3.8, 4) is 0 Å². The van der Waals surface area contributed by atoms with Crippen LogP contribution in [-0.2, 0) is 16.1 Å². The van der Waals surface area contributed by atoms with Crippen molar-refractivity contribution >= 4 is 31.9 Å². The van der Waals surface area contributed by atoms with E-state index >= 15 is 0 Å². The van der Waals surface area contributed by atoms with Gasteiger partial charge in [0.25, 0.3) is 0 Å². The van der Waals surface area contributed by atoms with Crippen LogP contribution in [0.5, 0.6) is 0 Å². The molecule has 19 heteroatoms. The first-order valence-corrected chi connectivity index (χ1v) is 10.2. The number of hydrogen-bond acceptors (Lipinski definition) is 1. The van der Waals surface area contributed by atoms with Crippen molar-refractivity contribution in [2.24, 2.45) is 0 Å². The van der Waals surface area contributed by atoms with E-state index in [1.54, 1.807) is 0 Å². The molecule has 2 rings (SSSR count). The fourth-order valence-corrected chi connectivity index (χ4v) is 3.75. The number of benzene rings is 2. The molecular weight excluding hydrogens is 696 g/mol. The van der Waals surface area contributed by atoms with Crippen molar-refractivity contribution in [3.05, 3.63) is 67.6 Å². The maximum absolute atomic E-state index is 14.9. The molecule has 0 spiro atoms. The topological polar surface area (TPSA) is 9.23 Å². The molecule has 208 valence electrons. The molecule has 1 nitrogen and oxygen atoms in total. The fraction of sp³-hybridized carbons (Fsp3) is 0.333. The zero-order valence-electron chi connectivity index (χ0n) is 16.5. The van der Waals surface area contributed by atoms with Gasteiger partial charge >= 0.3 is 35.9 Å². The second kappa shape index (κ2) is 9.46. The van der Waals surface area contributed by atoms with Crippen LogP contribution >= 0.6 is 31.9 Å². The van der Waals surface area contributed by atoms with Crippen molar-refractivity contribution in [2.45, 2.75) is 35.9 Å². The Morgan fingerprint density at radius 1 is 0.459 bits per heavy atom. The molecule has 2 aromatic carbocycles. The fourth-order valence-electron chi connectivity index (χ4n) is 2.95. The third-order valence-electron chi connectivity index (χ3n) is 4.54. The molecule has 0 bridgehead atoms. The van der Waals surface area contributed by atoms with Gasteiger partial charge in [-0.3, -0.25) is 0 Å². The predicted octanol–water partition coefficient (Wildman–Crippen LogP) is 9.12. The van der Waals surface area contributed by atoms with E-state index < -0.39 is 79.2 Å². The van der Waals surface area contributed by atoms with Crippen molar-refractivity contribution in [1.29, 1.82) is 0 Å². The number of halogens is 18. The number of alkyl halides is 12. The highest BCUT2D eigenvalue weighted by molar-refractivity contribution is 9.10. The Balaban J connectivity index is 2.87. The number of rotatable bonds is 6. The Hall–Kier alpha value is -1.76. The van der Waals surface area contributed by atoms with Gasteiger partial charge in [-0.2, -0.15) is 43.9 Å². The molecule has 37 heavy (non-hydrogen) atoms. The smallest absolute Gasteiger partial charge is 0.249 e. The third-order valence-corrected chi connectivity index (χ3v) is 5.46. The summed E-state index contributed by atoms with van der Waals surface area (Å²) in [6, 6.07) is -1.08. The molecule has 0 aliphatic heterocycles. The van der Waals surface area contributed by atoms with Crippen molar-refractivity contribution < 1.29 is 75.0 Å². The Morgan fingerprint density at radius 3 is 0.865 bits per heavy atom. The highest BCUT2D eigenvalue weighted by Gasteiger charge is 2.82. The Kier molecular flexibility index (Phi) is 8.04. The third kappa shape index (κ3) is 5.02. The molecule has 0 saturated heterocycles. The highest BCUT2D eigenvalue weighted by atomic mass is 79.9. The average Bonchev–Trinajstić information content (AvgIpc) is 2.63. The summed E-state index contributed by atoms with van der Waals surface area (Å²) >= 11 is 4.57. The van der Waals surface area contributed by atoms with E-state index in [0.29, 0.717) is 0 Å². The average molecular weight is 700 g/mol. The van der Waals surface area contributed by atoms with E-state index in [1.165, 1.54) is 0 Å². The minimum atomic E-state index is -7.49. The molecule has 0 aliphatic rings. The second-order valence-electron chi connectivity index (χ2n) is 6.94. The van der Waals surface area contributed by atoms with Crippen LogP contribution in [0.3, 0.4) is 0 Å². The summed E-state index contributed by atoms with van der Waals surface area (Å²) in [6.45, 7) is 0. The molecule has 0 heterocycles. The molecule has 0 unspecified atom stereocenters. The quantitative estimate of drug-likeness (QED) is 0.274. The van der Waals surface area contributed by atoms with Crippen LogP contribution in [0.1, 0.15) is 11.1 Å². The summed E-state index contributed by atoms with van der Waals surface area (Å²) in [7, 11) is 0. The summed E-state index contributed by atoms with van der Waals surface area (Å²) < 4.78 is 224. The molecule has 0 aliphatic carbocycles. The zero-order chi connectivity index (χ0) is 29.2. The first-order chi connectivity index (χ1) is 16.3. The predicted molar refractivity (Wildman–Crippen MR) is 96.8 cm³/mol. The normalized spacial score (nSPS) is 16.9. The first-order valence-electron chi connectivity index (χ1n) is 8.62. The van der Waals surface area contributed by atoms with Gasteiger partial charge in [0.1, 0.15) is 23.3 Å². The van der Waals surface area contributed by atoms with Gasteiger partial charge in [-0.25, -0.2) is 31.1 Å². The van der Waals surface area contributed by atoms with Gasteiger partial charge < -0.3 is 0 Å².